The van der Waals surface area contributed by atoms with Gasteiger partial charge in [-0.25, -0.2) is 9.59 Å². The summed E-state index contributed by atoms with van der Waals surface area (Å²) in [7, 11) is 0. The van der Waals surface area contributed by atoms with E-state index in [2.05, 4.69) is 15.3 Å². The lowest BCUT2D eigenvalue weighted by atomic mass is 10.0. The number of anilines is 1. The van der Waals surface area contributed by atoms with Crippen molar-refractivity contribution in [3.05, 3.63) is 54.0 Å². The molecule has 0 atom stereocenters. The summed E-state index contributed by atoms with van der Waals surface area (Å²) in [6, 6.07) is 7.19. The van der Waals surface area contributed by atoms with Gasteiger partial charge in [-0.1, -0.05) is 0 Å². The molecule has 1 fully saturated rings. The van der Waals surface area contributed by atoms with Gasteiger partial charge in [0.05, 0.1) is 17.8 Å². The number of piperidine rings is 1. The predicted octanol–water partition coefficient (Wildman–Crippen LogP) is 3.89. The number of benzene rings is 1. The van der Waals surface area contributed by atoms with Crippen LogP contribution in [-0.4, -0.2) is 76.5 Å². The van der Waals surface area contributed by atoms with E-state index in [1.165, 1.54) is 6.20 Å². The number of halogens is 3. The summed E-state index contributed by atoms with van der Waals surface area (Å²) in [6.45, 7) is 3.43. The minimum atomic E-state index is -5.08. The molecule has 14 heteroatoms. The number of ether oxygens (including phenoxy) is 3. The number of pyridine rings is 2. The third kappa shape index (κ3) is 6.50. The number of hydrogen-bond donors (Lipinski definition) is 2. The van der Waals surface area contributed by atoms with Gasteiger partial charge in [0.25, 0.3) is 5.91 Å². The fourth-order valence-electron chi connectivity index (χ4n) is 4.21. The number of hydrogen-bond acceptors (Lipinski definition) is 9. The summed E-state index contributed by atoms with van der Waals surface area (Å²) in [6.07, 6.45) is 1.19. The second-order valence-electron chi connectivity index (χ2n) is 8.74. The molecule has 0 spiro atoms. The van der Waals surface area contributed by atoms with Gasteiger partial charge in [-0.05, 0) is 38.0 Å². The van der Waals surface area contributed by atoms with Crippen LogP contribution in [0.5, 0.6) is 11.5 Å². The first-order valence-corrected chi connectivity index (χ1v) is 12.2. The molecule has 212 valence electrons. The quantitative estimate of drug-likeness (QED) is 0.440. The van der Waals surface area contributed by atoms with Crippen molar-refractivity contribution in [2.75, 3.05) is 31.8 Å². The zero-order valence-corrected chi connectivity index (χ0v) is 21.2. The Morgan fingerprint density at radius 2 is 1.75 bits per heavy atom. The van der Waals surface area contributed by atoms with Crippen molar-refractivity contribution in [1.82, 2.24) is 14.9 Å². The molecule has 2 aliphatic heterocycles. The van der Waals surface area contributed by atoms with Gasteiger partial charge in [-0.15, -0.1) is 0 Å². The van der Waals surface area contributed by atoms with Gasteiger partial charge in [-0.2, -0.15) is 13.2 Å². The van der Waals surface area contributed by atoms with Crippen LogP contribution in [0.15, 0.2) is 42.9 Å². The minimum absolute atomic E-state index is 0.00475. The summed E-state index contributed by atoms with van der Waals surface area (Å²) in [5, 5.41) is 11.4. The zero-order chi connectivity index (χ0) is 28.9. The Morgan fingerprint density at radius 1 is 1.12 bits per heavy atom. The van der Waals surface area contributed by atoms with Crippen LogP contribution in [0.1, 0.15) is 40.5 Å². The molecular weight excluding hydrogens is 537 g/mol. The monoisotopic (exact) mass is 562 g/mol. The number of alkyl halides is 3. The molecule has 5 rings (SSSR count). The Morgan fingerprint density at radius 3 is 2.35 bits per heavy atom. The molecule has 0 unspecified atom stereocenters. The smallest absolute Gasteiger partial charge is 0.475 e. The van der Waals surface area contributed by atoms with Gasteiger partial charge in [0.1, 0.15) is 5.56 Å². The van der Waals surface area contributed by atoms with E-state index in [9.17, 15) is 22.8 Å². The summed E-state index contributed by atoms with van der Waals surface area (Å²) in [5.41, 5.74) is 2.37. The molecule has 3 aromatic rings. The highest BCUT2D eigenvalue weighted by atomic mass is 19.4. The third-order valence-corrected chi connectivity index (χ3v) is 6.16. The normalized spacial score (nSPS) is 14.8. The summed E-state index contributed by atoms with van der Waals surface area (Å²) >= 11 is 0. The fourth-order valence-corrected chi connectivity index (χ4v) is 4.21. The van der Waals surface area contributed by atoms with Crippen molar-refractivity contribution in [3.63, 3.8) is 0 Å². The molecular formula is C26H25F3N4O7. The molecule has 40 heavy (non-hydrogen) atoms. The molecule has 2 aliphatic rings. The number of carboxylic acids is 1. The highest BCUT2D eigenvalue weighted by Crippen LogP contribution is 2.39. The molecule has 0 radical (unpaired) electrons. The molecule has 1 saturated heterocycles. The van der Waals surface area contributed by atoms with E-state index in [1.807, 2.05) is 17.0 Å². The number of esters is 1. The Balaban J connectivity index is 0.000000470. The second-order valence-corrected chi connectivity index (χ2v) is 8.74. The molecule has 1 amide bonds. The third-order valence-electron chi connectivity index (χ3n) is 6.16. The highest BCUT2D eigenvalue weighted by Gasteiger charge is 2.38. The van der Waals surface area contributed by atoms with Gasteiger partial charge in [-0.3, -0.25) is 14.8 Å². The van der Waals surface area contributed by atoms with Gasteiger partial charge in [0, 0.05) is 54.7 Å². The zero-order valence-electron chi connectivity index (χ0n) is 21.2. The number of aliphatic carboxylic acids is 1. The maximum absolute atomic E-state index is 12.7. The van der Waals surface area contributed by atoms with Crippen LogP contribution in [0.4, 0.5) is 18.9 Å². The predicted molar refractivity (Wildman–Crippen MR) is 134 cm³/mol. The fraction of sp³-hybridized carbons (Fsp3) is 0.346. The molecule has 11 nitrogen and oxygen atoms in total. The lowest BCUT2D eigenvalue weighted by molar-refractivity contribution is -0.192. The van der Waals surface area contributed by atoms with Crippen LogP contribution in [-0.2, 0) is 9.53 Å². The number of likely N-dealkylation sites (tertiary alicyclic amines) is 1. The summed E-state index contributed by atoms with van der Waals surface area (Å²) in [4.78, 5) is 44.6. The van der Waals surface area contributed by atoms with E-state index < -0.39 is 18.1 Å². The average molecular weight is 563 g/mol. The van der Waals surface area contributed by atoms with E-state index >= 15 is 0 Å². The standard InChI is InChI=1S/C24H24N4O5.C2HF3O2/c1-2-31-24(30)18-13-26-19-12-21-20(32-14-33-21)11-17(19)22(18)27-16-5-9-28(10-6-16)23(29)15-3-7-25-8-4-15;3-2(4,5)1(6)7/h3-4,7-8,11-13,16H,2,5-6,9-10,14H2,1H3,(H,26,27);(H,6,7). The van der Waals surface area contributed by atoms with E-state index in [4.69, 9.17) is 24.1 Å². The topological polar surface area (TPSA) is 140 Å². The number of carbonyl (C=O) groups excluding carboxylic acids is 2. The van der Waals surface area contributed by atoms with E-state index in [1.54, 1.807) is 31.5 Å². The van der Waals surface area contributed by atoms with Gasteiger partial charge in [0.2, 0.25) is 6.79 Å². The van der Waals surface area contributed by atoms with Gasteiger partial charge >= 0.3 is 18.1 Å². The SMILES string of the molecule is CCOC(=O)c1cnc2cc3c(cc2c1NC1CCN(C(=O)c2ccncc2)CC1)OCO3.O=C(O)C(F)(F)F. The van der Waals surface area contributed by atoms with Crippen molar-refractivity contribution in [2.45, 2.75) is 32.0 Å². The van der Waals surface area contributed by atoms with Crippen molar-refractivity contribution >= 4 is 34.4 Å². The molecule has 2 aromatic heterocycles. The largest absolute Gasteiger partial charge is 0.490 e. The van der Waals surface area contributed by atoms with Crippen LogP contribution >= 0.6 is 0 Å². The lowest BCUT2D eigenvalue weighted by Crippen LogP contribution is -2.42. The lowest BCUT2D eigenvalue weighted by Gasteiger charge is -2.33. The maximum atomic E-state index is 12.7. The Hall–Kier alpha value is -4.62. The molecule has 0 aliphatic carbocycles. The van der Waals surface area contributed by atoms with E-state index in [-0.39, 0.29) is 25.3 Å². The van der Waals surface area contributed by atoms with Crippen LogP contribution in [0.25, 0.3) is 10.9 Å². The second kappa shape index (κ2) is 12.1. The number of fused-ring (bicyclic) bond motifs is 2. The van der Waals surface area contributed by atoms with E-state index in [0.717, 1.165) is 18.2 Å². The Labute approximate surface area is 225 Å². The van der Waals surface area contributed by atoms with Crippen molar-refractivity contribution in [2.24, 2.45) is 0 Å². The first kappa shape index (κ1) is 28.4. The molecule has 0 saturated carbocycles. The molecule has 0 bridgehead atoms. The summed E-state index contributed by atoms with van der Waals surface area (Å²) < 4.78 is 48.0. The van der Waals surface area contributed by atoms with Gasteiger partial charge in [0.15, 0.2) is 11.5 Å². The number of aromatic nitrogens is 2. The minimum Gasteiger partial charge on any atom is -0.475 e. The van der Waals surface area contributed by atoms with Crippen molar-refractivity contribution < 1.29 is 46.9 Å². The molecule has 4 heterocycles. The first-order chi connectivity index (χ1) is 19.1. The number of nitrogens with zero attached hydrogens (tertiary/aromatic N) is 3. The number of amides is 1. The van der Waals surface area contributed by atoms with Gasteiger partial charge < -0.3 is 29.5 Å². The van der Waals surface area contributed by atoms with Crippen LogP contribution in [0.3, 0.4) is 0 Å². The van der Waals surface area contributed by atoms with Crippen LogP contribution in [0, 0.1) is 0 Å². The van der Waals surface area contributed by atoms with Crippen LogP contribution < -0.4 is 14.8 Å². The van der Waals surface area contributed by atoms with Crippen LogP contribution in [0.2, 0.25) is 0 Å². The Kier molecular flexibility index (Phi) is 8.55. The number of carbonyl (C=O) groups is 3. The highest BCUT2D eigenvalue weighted by molar-refractivity contribution is 6.05. The Bertz CT molecular complexity index is 1390. The molecule has 2 N–H and O–H groups in total. The van der Waals surface area contributed by atoms with Crippen molar-refractivity contribution in [1.29, 1.82) is 0 Å². The number of carboxylic acid groups (broad SMARTS) is 1. The van der Waals surface area contributed by atoms with E-state index in [0.29, 0.717) is 46.9 Å². The maximum Gasteiger partial charge on any atom is 0.490 e. The first-order valence-electron chi connectivity index (χ1n) is 12.2. The number of nitrogens with one attached hydrogen (secondary N) is 1. The number of rotatable bonds is 5. The van der Waals surface area contributed by atoms with Crippen molar-refractivity contribution in [3.8, 4) is 11.5 Å². The molecule has 1 aromatic carbocycles. The average Bonchev–Trinajstić information content (AvgIpc) is 3.40. The summed E-state index contributed by atoms with van der Waals surface area (Å²) in [5.74, 6) is -1.94.